The van der Waals surface area contributed by atoms with Crippen LogP contribution in [0.3, 0.4) is 0 Å². The smallest absolute Gasteiger partial charge is 0.306 e. The molecule has 2 aromatic rings. The van der Waals surface area contributed by atoms with Crippen molar-refractivity contribution in [1.82, 2.24) is 14.5 Å². The zero-order chi connectivity index (χ0) is 11.4. The Morgan fingerprint density at radius 3 is 2.60 bits per heavy atom. The Kier molecular flexibility index (Phi) is 3.38. The highest BCUT2D eigenvalue weighted by Crippen LogP contribution is 2.00. The summed E-state index contributed by atoms with van der Waals surface area (Å²) in [5.41, 5.74) is -0.307. The summed E-state index contributed by atoms with van der Waals surface area (Å²) in [6.45, 7) is 4.00. The fraction of sp³-hybridized carbons (Fsp3) is 0.300. The lowest BCUT2D eigenvalue weighted by Gasteiger charge is -1.97. The summed E-state index contributed by atoms with van der Waals surface area (Å²) in [7, 11) is 1.61. The van der Waals surface area contributed by atoms with Gasteiger partial charge in [0.2, 0.25) is 5.56 Å². The molecule has 0 saturated heterocycles. The van der Waals surface area contributed by atoms with Crippen molar-refractivity contribution >= 4 is 11.0 Å². The monoisotopic (exact) mass is 207 g/mol. The van der Waals surface area contributed by atoms with Crippen molar-refractivity contribution in [3.8, 4) is 0 Å². The number of aryl methyl sites for hydroxylation is 1. The van der Waals surface area contributed by atoms with Gasteiger partial charge >= 0.3 is 5.69 Å². The van der Waals surface area contributed by atoms with E-state index in [1.54, 1.807) is 19.3 Å². The van der Waals surface area contributed by atoms with Gasteiger partial charge in [-0.1, -0.05) is 13.8 Å². The summed E-state index contributed by atoms with van der Waals surface area (Å²) in [6.07, 6.45) is 1.63. The summed E-state index contributed by atoms with van der Waals surface area (Å²) in [5, 5.41) is 0.738. The lowest BCUT2D eigenvalue weighted by molar-refractivity contribution is 0.823. The number of pyridine rings is 1. The lowest BCUT2D eigenvalue weighted by Crippen LogP contribution is -2.20. The standard InChI is InChI=1S/C8H7N3O2.C2H6/c1-11-4-5-2-3-6(12)9-7(5)10-8(11)13;1-2/h2-4H,1H3,(H,9,10,12,13);1-2H3. The number of fused-ring (bicyclic) bond motifs is 1. The maximum atomic E-state index is 11.1. The number of H-pyrrole nitrogens is 1. The van der Waals surface area contributed by atoms with Crippen LogP contribution in [0.1, 0.15) is 13.8 Å². The molecule has 5 nitrogen and oxygen atoms in total. The zero-order valence-electron chi connectivity index (χ0n) is 8.94. The average Bonchev–Trinajstić information content (AvgIpc) is 2.23. The van der Waals surface area contributed by atoms with Gasteiger partial charge in [-0.2, -0.15) is 4.98 Å². The lowest BCUT2D eigenvalue weighted by atomic mass is 10.3. The van der Waals surface area contributed by atoms with Crippen LogP contribution in [0.25, 0.3) is 11.0 Å². The topological polar surface area (TPSA) is 67.8 Å². The molecule has 0 bridgehead atoms. The van der Waals surface area contributed by atoms with Gasteiger partial charge in [0, 0.05) is 24.7 Å². The molecule has 0 radical (unpaired) electrons. The van der Waals surface area contributed by atoms with Gasteiger partial charge in [0.1, 0.15) is 5.65 Å². The van der Waals surface area contributed by atoms with Gasteiger partial charge in [-0.3, -0.25) is 4.79 Å². The van der Waals surface area contributed by atoms with E-state index in [9.17, 15) is 9.59 Å². The Bertz CT molecular complexity index is 569. The van der Waals surface area contributed by atoms with Crippen molar-refractivity contribution in [3.05, 3.63) is 39.2 Å². The van der Waals surface area contributed by atoms with Gasteiger partial charge < -0.3 is 9.55 Å². The van der Waals surface area contributed by atoms with Gasteiger partial charge in [0.15, 0.2) is 0 Å². The summed E-state index contributed by atoms with van der Waals surface area (Å²) in [5.74, 6) is 0. The van der Waals surface area contributed by atoms with E-state index in [1.165, 1.54) is 10.6 Å². The Labute approximate surface area is 86.4 Å². The van der Waals surface area contributed by atoms with Crippen LogP contribution in [0.15, 0.2) is 27.9 Å². The van der Waals surface area contributed by atoms with Crippen molar-refractivity contribution in [2.75, 3.05) is 0 Å². The Morgan fingerprint density at radius 2 is 1.93 bits per heavy atom. The molecule has 15 heavy (non-hydrogen) atoms. The SMILES string of the molecule is CC.Cn1cc2ccc(=O)[nH]c2nc1=O. The van der Waals surface area contributed by atoms with E-state index in [4.69, 9.17) is 0 Å². The molecule has 0 aliphatic carbocycles. The number of hydrogen-bond acceptors (Lipinski definition) is 3. The van der Waals surface area contributed by atoms with Crippen molar-refractivity contribution in [2.45, 2.75) is 13.8 Å². The Hall–Kier alpha value is -1.91. The van der Waals surface area contributed by atoms with Gasteiger partial charge in [-0.15, -0.1) is 0 Å². The molecule has 0 aliphatic rings. The molecule has 1 N–H and O–H groups in total. The fourth-order valence-electron chi connectivity index (χ4n) is 1.11. The van der Waals surface area contributed by atoms with E-state index < -0.39 is 0 Å². The van der Waals surface area contributed by atoms with E-state index in [-0.39, 0.29) is 11.2 Å². The van der Waals surface area contributed by atoms with Crippen LogP contribution < -0.4 is 11.2 Å². The Morgan fingerprint density at radius 1 is 1.27 bits per heavy atom. The molecule has 0 unspecified atom stereocenters. The van der Waals surface area contributed by atoms with Crippen LogP contribution in [0.5, 0.6) is 0 Å². The van der Waals surface area contributed by atoms with Crippen LogP contribution >= 0.6 is 0 Å². The minimum Gasteiger partial charge on any atom is -0.306 e. The maximum Gasteiger partial charge on any atom is 0.349 e. The van der Waals surface area contributed by atoms with Gasteiger partial charge in [-0.05, 0) is 6.07 Å². The maximum absolute atomic E-state index is 11.1. The highest BCUT2D eigenvalue weighted by Gasteiger charge is 1.98. The second-order valence-electron chi connectivity index (χ2n) is 2.76. The normalized spacial score (nSPS) is 9.53. The first-order valence-corrected chi connectivity index (χ1v) is 4.73. The zero-order valence-corrected chi connectivity index (χ0v) is 8.94. The van der Waals surface area contributed by atoms with Gasteiger partial charge in [-0.25, -0.2) is 4.79 Å². The summed E-state index contributed by atoms with van der Waals surface area (Å²) >= 11 is 0. The summed E-state index contributed by atoms with van der Waals surface area (Å²) < 4.78 is 1.36. The molecule has 0 aliphatic heterocycles. The third-order valence-corrected chi connectivity index (χ3v) is 1.77. The van der Waals surface area contributed by atoms with Crippen molar-refractivity contribution < 1.29 is 0 Å². The quantitative estimate of drug-likeness (QED) is 0.689. The van der Waals surface area contributed by atoms with Crippen LogP contribution in [-0.2, 0) is 7.05 Å². The minimum absolute atomic E-state index is 0.256. The first-order valence-electron chi connectivity index (χ1n) is 4.73. The molecule has 0 atom stereocenters. The predicted octanol–water partition coefficient (Wildman–Crippen LogP) is 0.648. The van der Waals surface area contributed by atoms with E-state index in [0.29, 0.717) is 5.65 Å². The third-order valence-electron chi connectivity index (χ3n) is 1.77. The first-order chi connectivity index (χ1) is 7.16. The molecule has 2 rings (SSSR count). The van der Waals surface area contributed by atoms with Crippen molar-refractivity contribution in [3.63, 3.8) is 0 Å². The van der Waals surface area contributed by atoms with Crippen LogP contribution in [-0.4, -0.2) is 14.5 Å². The predicted molar refractivity (Wildman–Crippen MR) is 59.0 cm³/mol. The molecule has 5 heteroatoms. The van der Waals surface area contributed by atoms with Crippen molar-refractivity contribution in [1.29, 1.82) is 0 Å². The molecule has 0 spiro atoms. The molecule has 0 saturated carbocycles. The molecule has 0 amide bonds. The van der Waals surface area contributed by atoms with Crippen molar-refractivity contribution in [2.24, 2.45) is 7.05 Å². The van der Waals surface area contributed by atoms with Gasteiger partial charge in [0.25, 0.3) is 0 Å². The summed E-state index contributed by atoms with van der Waals surface area (Å²) in [6, 6.07) is 3.02. The van der Waals surface area contributed by atoms with E-state index in [2.05, 4.69) is 9.97 Å². The first kappa shape index (κ1) is 11.2. The highest BCUT2D eigenvalue weighted by molar-refractivity contribution is 5.72. The molecule has 0 aromatic carbocycles. The van der Waals surface area contributed by atoms with E-state index in [1.807, 2.05) is 13.8 Å². The van der Waals surface area contributed by atoms with E-state index in [0.717, 1.165) is 5.39 Å². The second-order valence-corrected chi connectivity index (χ2v) is 2.76. The van der Waals surface area contributed by atoms with Crippen LogP contribution in [0.4, 0.5) is 0 Å². The Balaban J connectivity index is 0.000000531. The number of aromatic amines is 1. The number of rotatable bonds is 0. The molecular weight excluding hydrogens is 194 g/mol. The summed E-state index contributed by atoms with van der Waals surface area (Å²) in [4.78, 5) is 28.1. The van der Waals surface area contributed by atoms with Crippen LogP contribution in [0, 0.1) is 0 Å². The average molecular weight is 207 g/mol. The minimum atomic E-state index is -0.380. The third kappa shape index (κ3) is 2.31. The highest BCUT2D eigenvalue weighted by atomic mass is 16.1. The fourth-order valence-corrected chi connectivity index (χ4v) is 1.11. The molecule has 2 heterocycles. The molecule has 2 aromatic heterocycles. The molecule has 80 valence electrons. The number of nitrogens with zero attached hydrogens (tertiary/aromatic N) is 2. The number of aromatic nitrogens is 3. The molecular formula is C10H13N3O2. The van der Waals surface area contributed by atoms with E-state index >= 15 is 0 Å². The number of nitrogens with one attached hydrogen (secondary N) is 1. The largest absolute Gasteiger partial charge is 0.349 e. The van der Waals surface area contributed by atoms with Gasteiger partial charge in [0.05, 0.1) is 0 Å². The second kappa shape index (κ2) is 4.54. The molecule has 0 fully saturated rings. The number of hydrogen-bond donors (Lipinski definition) is 1. The van der Waals surface area contributed by atoms with Crippen LogP contribution in [0.2, 0.25) is 0 Å².